The Morgan fingerprint density at radius 1 is 1.00 bits per heavy atom. The van der Waals surface area contributed by atoms with Gasteiger partial charge < -0.3 is 28.0 Å². The topological polar surface area (TPSA) is 179 Å². The summed E-state index contributed by atoms with van der Waals surface area (Å²) < 4.78 is 48.1. The number of nitrogens with zero attached hydrogens (tertiary/aromatic N) is 1. The molecule has 1 aliphatic heterocycles. The number of hydrogen-bond acceptors (Lipinski definition) is 12. The standard InChI is InChI=1S/C26H33N2O12P/c1-6-35-41(34,36-7-2)14-19(37-16(4)29)20-21(40-25(32)18-11-9-8-10-12-18)22(38-17(5)30)24(39-20)28-13-15(3)23(31)27-26(28)33/h8-13,19-22,24H,6-7,14H2,1-5H3,(H,27,31,33)/t19-,20-,21-,22-,24-/m1/s1. The largest absolute Gasteiger partial charge is 0.459 e. The van der Waals surface area contributed by atoms with Gasteiger partial charge in [0.1, 0.15) is 12.2 Å². The van der Waals surface area contributed by atoms with Gasteiger partial charge in [-0.2, -0.15) is 0 Å². The van der Waals surface area contributed by atoms with Crippen LogP contribution in [0, 0.1) is 6.92 Å². The second-order valence-corrected chi connectivity index (χ2v) is 11.2. The third kappa shape index (κ3) is 8.00. The van der Waals surface area contributed by atoms with Gasteiger partial charge in [-0.1, -0.05) is 18.2 Å². The third-order valence-corrected chi connectivity index (χ3v) is 8.05. The van der Waals surface area contributed by atoms with Crippen LogP contribution in [0.25, 0.3) is 0 Å². The molecule has 5 atom stereocenters. The van der Waals surface area contributed by atoms with E-state index >= 15 is 0 Å². The van der Waals surface area contributed by atoms with Crippen molar-refractivity contribution in [2.75, 3.05) is 19.4 Å². The normalized spacial score (nSPS) is 21.2. The van der Waals surface area contributed by atoms with Crippen molar-refractivity contribution in [1.29, 1.82) is 0 Å². The Hall–Kier alpha value is -3.58. The van der Waals surface area contributed by atoms with Gasteiger partial charge in [0.05, 0.1) is 24.9 Å². The first kappa shape index (κ1) is 31.9. The summed E-state index contributed by atoms with van der Waals surface area (Å²) >= 11 is 0. The number of aromatic nitrogens is 2. The highest BCUT2D eigenvalue weighted by Crippen LogP contribution is 2.50. The van der Waals surface area contributed by atoms with Crippen molar-refractivity contribution in [3.63, 3.8) is 0 Å². The van der Waals surface area contributed by atoms with Crippen LogP contribution in [0.15, 0.2) is 46.1 Å². The van der Waals surface area contributed by atoms with E-state index in [4.69, 9.17) is 28.0 Å². The maximum absolute atomic E-state index is 13.5. The van der Waals surface area contributed by atoms with Crippen molar-refractivity contribution in [1.82, 2.24) is 9.55 Å². The molecule has 1 aromatic heterocycles. The first-order valence-corrected chi connectivity index (χ1v) is 14.6. The van der Waals surface area contributed by atoms with Crippen LogP contribution < -0.4 is 11.2 Å². The number of H-pyrrole nitrogens is 1. The maximum atomic E-state index is 13.5. The maximum Gasteiger partial charge on any atom is 0.338 e. The summed E-state index contributed by atoms with van der Waals surface area (Å²) in [6, 6.07) is 7.88. The summed E-state index contributed by atoms with van der Waals surface area (Å²) in [5, 5.41) is 0. The Labute approximate surface area is 235 Å². The number of nitrogens with one attached hydrogen (secondary N) is 1. The summed E-state index contributed by atoms with van der Waals surface area (Å²) in [7, 11) is -3.89. The van der Waals surface area contributed by atoms with Gasteiger partial charge >= 0.3 is 31.2 Å². The van der Waals surface area contributed by atoms with E-state index in [-0.39, 0.29) is 24.3 Å². The molecule has 0 unspecified atom stereocenters. The summed E-state index contributed by atoms with van der Waals surface area (Å²) in [5.41, 5.74) is -1.28. The van der Waals surface area contributed by atoms with Crippen molar-refractivity contribution < 1.29 is 46.9 Å². The van der Waals surface area contributed by atoms with Crippen LogP contribution in [-0.2, 0) is 42.1 Å². The number of aryl methyl sites for hydroxylation is 1. The molecule has 0 aliphatic carbocycles. The molecule has 224 valence electrons. The predicted molar refractivity (Wildman–Crippen MR) is 142 cm³/mol. The van der Waals surface area contributed by atoms with E-state index in [9.17, 15) is 28.5 Å². The monoisotopic (exact) mass is 596 g/mol. The van der Waals surface area contributed by atoms with E-state index in [1.54, 1.807) is 32.0 Å². The fourth-order valence-corrected chi connectivity index (χ4v) is 6.15. The summed E-state index contributed by atoms with van der Waals surface area (Å²) in [4.78, 5) is 64.5. The Morgan fingerprint density at radius 3 is 2.20 bits per heavy atom. The number of hydrogen-bond donors (Lipinski definition) is 1. The van der Waals surface area contributed by atoms with Gasteiger partial charge in [-0.15, -0.1) is 0 Å². The first-order valence-electron chi connectivity index (χ1n) is 12.8. The number of carbonyl (C=O) groups excluding carboxylic acids is 3. The highest BCUT2D eigenvalue weighted by atomic mass is 31.2. The summed E-state index contributed by atoms with van der Waals surface area (Å²) in [6.07, 6.45) is -6.61. The van der Waals surface area contributed by atoms with Gasteiger partial charge in [0.2, 0.25) is 0 Å². The summed E-state index contributed by atoms with van der Waals surface area (Å²) in [5.74, 6) is -2.44. The molecule has 2 heterocycles. The van der Waals surface area contributed by atoms with E-state index in [2.05, 4.69) is 4.98 Å². The molecule has 1 fully saturated rings. The minimum Gasteiger partial charge on any atom is -0.459 e. The van der Waals surface area contributed by atoms with E-state index in [1.165, 1.54) is 25.3 Å². The van der Waals surface area contributed by atoms with Gasteiger partial charge in [0.25, 0.3) is 5.56 Å². The minimum absolute atomic E-state index is 0.00671. The van der Waals surface area contributed by atoms with Crippen molar-refractivity contribution in [2.24, 2.45) is 0 Å². The second kappa shape index (κ2) is 13.9. The molecule has 1 aliphatic rings. The molecule has 1 saturated heterocycles. The van der Waals surface area contributed by atoms with Crippen LogP contribution in [0.1, 0.15) is 49.8 Å². The molecule has 41 heavy (non-hydrogen) atoms. The van der Waals surface area contributed by atoms with Crippen molar-refractivity contribution in [3.05, 3.63) is 68.5 Å². The van der Waals surface area contributed by atoms with E-state index < -0.39 is 73.6 Å². The number of ether oxygens (including phenoxy) is 4. The molecule has 0 amide bonds. The molecule has 14 nitrogen and oxygen atoms in total. The SMILES string of the molecule is CCOP(=O)(C[C@@H](OC(C)=O)[C@H]1O[C@@H](n2cc(C)c(=O)[nH]c2=O)[C@H](OC(C)=O)[C@@H]1OC(=O)c1ccccc1)OCC. The van der Waals surface area contributed by atoms with Gasteiger partial charge in [0.15, 0.2) is 18.4 Å². The quantitative estimate of drug-likeness (QED) is 0.215. The molecule has 0 saturated carbocycles. The van der Waals surface area contributed by atoms with Crippen LogP contribution in [0.5, 0.6) is 0 Å². The fourth-order valence-electron chi connectivity index (χ4n) is 4.36. The Balaban J connectivity index is 2.16. The van der Waals surface area contributed by atoms with Crippen LogP contribution in [0.2, 0.25) is 0 Å². The average molecular weight is 597 g/mol. The molecule has 0 bridgehead atoms. The predicted octanol–water partition coefficient (Wildman–Crippen LogP) is 2.10. The van der Waals surface area contributed by atoms with E-state index in [0.29, 0.717) is 0 Å². The van der Waals surface area contributed by atoms with E-state index in [0.717, 1.165) is 18.4 Å². The molecule has 0 spiro atoms. The lowest BCUT2D eigenvalue weighted by atomic mass is 10.1. The zero-order valence-corrected chi connectivity index (χ0v) is 24.2. The van der Waals surface area contributed by atoms with E-state index in [1.807, 2.05) is 0 Å². The third-order valence-electron chi connectivity index (χ3n) is 5.94. The molecule has 15 heteroatoms. The van der Waals surface area contributed by atoms with Gasteiger partial charge in [0, 0.05) is 25.6 Å². The first-order chi connectivity index (χ1) is 19.4. The molecule has 3 rings (SSSR count). The number of benzene rings is 1. The fraction of sp³-hybridized carbons (Fsp3) is 0.500. The lowest BCUT2D eigenvalue weighted by molar-refractivity contribution is -0.157. The van der Waals surface area contributed by atoms with Crippen molar-refractivity contribution >= 4 is 25.5 Å². The van der Waals surface area contributed by atoms with Gasteiger partial charge in [-0.05, 0) is 32.9 Å². The average Bonchev–Trinajstić information content (AvgIpc) is 3.23. The molecule has 1 aromatic carbocycles. The van der Waals surface area contributed by atoms with Crippen LogP contribution in [0.4, 0.5) is 0 Å². The molecule has 0 radical (unpaired) electrons. The second-order valence-electron chi connectivity index (χ2n) is 9.06. The Morgan fingerprint density at radius 2 is 1.63 bits per heavy atom. The Kier molecular flexibility index (Phi) is 10.8. The molecular formula is C26H33N2O12P. The number of carbonyl (C=O) groups is 3. The molecule has 1 N–H and O–H groups in total. The van der Waals surface area contributed by atoms with Gasteiger partial charge in [-0.25, -0.2) is 9.59 Å². The number of esters is 3. The van der Waals surface area contributed by atoms with Crippen molar-refractivity contribution in [3.8, 4) is 0 Å². The van der Waals surface area contributed by atoms with Crippen LogP contribution >= 0.6 is 7.60 Å². The highest BCUT2D eigenvalue weighted by molar-refractivity contribution is 7.53. The lowest BCUT2D eigenvalue weighted by Crippen LogP contribution is -2.46. The smallest absolute Gasteiger partial charge is 0.338 e. The molecular weight excluding hydrogens is 563 g/mol. The Bertz CT molecular complexity index is 1400. The number of aromatic amines is 1. The van der Waals surface area contributed by atoms with Gasteiger partial charge in [-0.3, -0.25) is 28.5 Å². The van der Waals surface area contributed by atoms with Crippen LogP contribution in [-0.4, -0.2) is 71.3 Å². The van der Waals surface area contributed by atoms with Crippen molar-refractivity contribution in [2.45, 2.75) is 65.3 Å². The molecule has 2 aromatic rings. The summed E-state index contributed by atoms with van der Waals surface area (Å²) in [6.45, 7) is 6.86. The zero-order valence-electron chi connectivity index (χ0n) is 23.3. The zero-order chi connectivity index (χ0) is 30.3. The minimum atomic E-state index is -3.89. The number of rotatable bonds is 12. The lowest BCUT2D eigenvalue weighted by Gasteiger charge is -2.30. The highest BCUT2D eigenvalue weighted by Gasteiger charge is 2.55. The van der Waals surface area contributed by atoms with Crippen LogP contribution in [0.3, 0.4) is 0 Å².